The Bertz CT molecular complexity index is 9720. The summed E-state index contributed by atoms with van der Waals surface area (Å²) < 4.78 is 9.61. The molecule has 0 spiro atoms. The normalized spacial score (nSPS) is 11.5. The zero-order valence-electron chi connectivity index (χ0n) is 80.8. The molecule has 0 saturated carbocycles. The van der Waals surface area contributed by atoms with E-state index < -0.39 is 0 Å². The van der Waals surface area contributed by atoms with E-state index in [1.165, 1.54) is 115 Å². The molecule has 8 nitrogen and oxygen atoms in total. The van der Waals surface area contributed by atoms with Gasteiger partial charge >= 0.3 is 0 Å². The summed E-state index contributed by atoms with van der Waals surface area (Å²) in [6.07, 6.45) is 1.85. The lowest BCUT2D eigenvalue weighted by Gasteiger charge is -2.27. The highest BCUT2D eigenvalue weighted by molar-refractivity contribution is 6.17. The second-order valence-corrected chi connectivity index (χ2v) is 38.0. The van der Waals surface area contributed by atoms with Gasteiger partial charge in [-0.15, -0.1) is 0 Å². The molecule has 0 amide bonds. The summed E-state index contributed by atoms with van der Waals surface area (Å²) in [5.74, 6) is 0.875. The van der Waals surface area contributed by atoms with Crippen LogP contribution in [0.1, 0.15) is 0 Å². The fraction of sp³-hybridized carbons (Fsp3) is 0. The van der Waals surface area contributed by atoms with E-state index in [1.807, 2.05) is 18.3 Å². The number of aromatic nitrogens is 6. The lowest BCUT2D eigenvalue weighted by Crippen LogP contribution is -2.10. The Morgan fingerprint density at radius 1 is 0.149 bits per heavy atom. The van der Waals surface area contributed by atoms with Gasteiger partial charge in [-0.2, -0.15) is 0 Å². The molecule has 8 heteroatoms. The second kappa shape index (κ2) is 37.6. The molecule has 148 heavy (non-hydrogen) atoms. The van der Waals surface area contributed by atoms with Crippen molar-refractivity contribution in [3.63, 3.8) is 0 Å². The highest BCUT2D eigenvalue weighted by Crippen LogP contribution is 2.48. The van der Waals surface area contributed by atoms with Gasteiger partial charge in [-0.25, -0.2) is 4.98 Å². The molecule has 0 radical (unpaired) electrons. The number of benzene rings is 22. The smallest absolute Gasteiger partial charge is 0.138 e. The number of rotatable bonds is 19. The average molecular weight is 1890 g/mol. The van der Waals surface area contributed by atoms with Crippen LogP contribution in [0.25, 0.3) is 221 Å². The van der Waals surface area contributed by atoms with Crippen LogP contribution in [-0.4, -0.2) is 28.2 Å². The van der Waals surface area contributed by atoms with Crippen molar-refractivity contribution in [1.29, 1.82) is 0 Å². The monoisotopic (exact) mass is 1890 g/mol. The molecule has 0 aliphatic carbocycles. The zero-order valence-corrected chi connectivity index (χ0v) is 80.8. The summed E-state index contributed by atoms with van der Waals surface area (Å²) in [6, 6.07) is 204. The third kappa shape index (κ3) is 16.0. The molecule has 28 rings (SSSR count). The van der Waals surface area contributed by atoms with Gasteiger partial charge in [-0.05, 0) is 308 Å². The molecule has 6 heterocycles. The summed E-state index contributed by atoms with van der Waals surface area (Å²) in [5, 5.41) is 12.0. The maximum atomic E-state index is 5.45. The first-order chi connectivity index (χ1) is 73.4. The minimum atomic E-state index is 0.875. The Morgan fingerprint density at radius 2 is 0.405 bits per heavy atom. The van der Waals surface area contributed by atoms with E-state index in [0.29, 0.717) is 0 Å². The van der Waals surface area contributed by atoms with Crippen LogP contribution in [0.5, 0.6) is 0 Å². The van der Waals surface area contributed by atoms with Crippen LogP contribution in [-0.2, 0) is 0 Å². The van der Waals surface area contributed by atoms with E-state index in [1.54, 1.807) is 0 Å². The second-order valence-electron chi connectivity index (χ2n) is 38.0. The third-order valence-corrected chi connectivity index (χ3v) is 29.2. The predicted octanol–water partition coefficient (Wildman–Crippen LogP) is 37.6. The summed E-state index contributed by atoms with van der Waals surface area (Å²) in [6.45, 7) is 0. The Kier molecular flexibility index (Phi) is 22.1. The van der Waals surface area contributed by atoms with Crippen LogP contribution in [0.3, 0.4) is 0 Å². The molecule has 0 unspecified atom stereocenters. The fourth-order valence-electron chi connectivity index (χ4n) is 22.1. The SMILES string of the molecule is c1ccc(-c2cc(-c3ccccc3)nc(-n3c4ccc(-c5ccccc5)cc4c4cc(-c5ccc6c(c5)c5cc(-c7ccccc7)ccc5n6-c5ccc(N(c6ccccc6)c6ccccc6)cc5)ccc43)c2)cc1.c1ccc(-c2ccc3c(c2)c2cc(-c4ccc5c(c4)c4cc(-c6ccccc6)ccc4n5-c4ccc(N(c5ccccc5)c5cccc6ccccc56)cc4)ccc2n3-c2ccc(-c3ccccn3)cc2)cc1. The van der Waals surface area contributed by atoms with Gasteiger partial charge in [0, 0.05) is 111 Å². The quantitative estimate of drug-likeness (QED) is 0.0810. The fourth-order valence-corrected chi connectivity index (χ4v) is 22.1. The molecule has 0 atom stereocenters. The molecular weight excluding hydrogens is 1790 g/mol. The first-order valence-electron chi connectivity index (χ1n) is 50.5. The molecule has 28 aromatic rings. The van der Waals surface area contributed by atoms with Gasteiger partial charge in [-0.3, -0.25) is 9.55 Å². The highest BCUT2D eigenvalue weighted by atomic mass is 15.2. The van der Waals surface area contributed by atoms with E-state index in [0.717, 1.165) is 140 Å². The molecule has 0 aliphatic rings. The summed E-state index contributed by atoms with van der Waals surface area (Å²) in [5.41, 5.74) is 39.6. The number of pyridine rings is 2. The summed E-state index contributed by atoms with van der Waals surface area (Å²) in [4.78, 5) is 14.7. The van der Waals surface area contributed by atoms with Crippen LogP contribution >= 0.6 is 0 Å². The molecule has 6 aromatic heterocycles. The van der Waals surface area contributed by atoms with Crippen molar-refractivity contribution in [2.75, 3.05) is 9.80 Å². The zero-order chi connectivity index (χ0) is 97.9. The van der Waals surface area contributed by atoms with E-state index in [2.05, 4.69) is 585 Å². The van der Waals surface area contributed by atoms with E-state index in [4.69, 9.17) is 4.98 Å². The Morgan fingerprint density at radius 3 is 0.750 bits per heavy atom. The lowest BCUT2D eigenvalue weighted by atomic mass is 9.98. The maximum Gasteiger partial charge on any atom is 0.138 e. The van der Waals surface area contributed by atoms with E-state index in [9.17, 15) is 0 Å². The first kappa shape index (κ1) is 87.2. The standard InChI is InChI=1S/C71H48N4.C69H46N4/c1-7-19-49(20-8-1)53-31-39-67-62(43-53)63-45-55(33-40-68(63)74(67)61-37-35-60(36-38-61)73(58-27-15-5-16-28-58)59-29-17-6-18-30-59)56-34-42-70-65(46-56)64-44-54(50-21-9-2-10-22-50)32-41-69(64)75(70)71-48-57(51-23-11-3-12-24-51)47-66(72-71)52-25-13-4-14-26-52;1-4-15-47(16-5-1)51-28-38-66-60(43-51)62-45-53(30-40-68(62)72(66)57-32-26-50(27-33-57)64-24-12-13-42-70-64)54-31-41-69-63(46-54)61-44-52(48-17-6-2-7-18-48)29-39-67(61)73(69)58-36-34-56(35-37-58)71(55-21-8-3-9-22-55)65-25-14-20-49-19-10-11-23-59(49)65/h1-48H;1-46H. The van der Waals surface area contributed by atoms with E-state index in [-0.39, 0.29) is 0 Å². The maximum absolute atomic E-state index is 5.45. The van der Waals surface area contributed by atoms with Gasteiger partial charge in [0.2, 0.25) is 0 Å². The van der Waals surface area contributed by atoms with Crippen LogP contribution in [0.4, 0.5) is 34.1 Å². The molecule has 0 fully saturated rings. The van der Waals surface area contributed by atoms with Crippen molar-refractivity contribution in [3.05, 3.63) is 570 Å². The van der Waals surface area contributed by atoms with Gasteiger partial charge in [-0.1, -0.05) is 340 Å². The Hall–Kier alpha value is -19.8. The molecule has 0 bridgehead atoms. The van der Waals surface area contributed by atoms with Crippen molar-refractivity contribution >= 4 is 132 Å². The van der Waals surface area contributed by atoms with E-state index >= 15 is 0 Å². The van der Waals surface area contributed by atoms with Gasteiger partial charge in [0.1, 0.15) is 5.82 Å². The van der Waals surface area contributed by atoms with Crippen LogP contribution < -0.4 is 9.80 Å². The van der Waals surface area contributed by atoms with Crippen LogP contribution in [0.2, 0.25) is 0 Å². The molecule has 0 aliphatic heterocycles. The number of anilines is 6. The predicted molar refractivity (Wildman–Crippen MR) is 622 cm³/mol. The summed E-state index contributed by atoms with van der Waals surface area (Å²) >= 11 is 0. The number of fused-ring (bicyclic) bond motifs is 13. The molecule has 22 aromatic carbocycles. The Labute approximate surface area is 857 Å². The highest BCUT2D eigenvalue weighted by Gasteiger charge is 2.26. The number of hydrogen-bond acceptors (Lipinski definition) is 4. The molecule has 0 N–H and O–H groups in total. The molecule has 0 saturated heterocycles. The third-order valence-electron chi connectivity index (χ3n) is 29.2. The van der Waals surface area contributed by atoms with Gasteiger partial charge in [0.05, 0.1) is 61.2 Å². The van der Waals surface area contributed by atoms with Gasteiger partial charge in [0.15, 0.2) is 0 Å². The van der Waals surface area contributed by atoms with Crippen molar-refractivity contribution in [1.82, 2.24) is 28.2 Å². The number of para-hydroxylation sites is 3. The lowest BCUT2D eigenvalue weighted by molar-refractivity contribution is 1.08. The number of nitrogens with zero attached hydrogens (tertiary/aromatic N) is 8. The van der Waals surface area contributed by atoms with Gasteiger partial charge in [0.25, 0.3) is 0 Å². The Balaban J connectivity index is 0.000000146. The largest absolute Gasteiger partial charge is 0.311 e. The topological polar surface area (TPSA) is 52.0 Å². The van der Waals surface area contributed by atoms with Crippen LogP contribution in [0, 0.1) is 0 Å². The van der Waals surface area contributed by atoms with Crippen LogP contribution in [0.15, 0.2) is 570 Å². The summed E-state index contributed by atoms with van der Waals surface area (Å²) in [7, 11) is 0. The van der Waals surface area contributed by atoms with Crippen molar-refractivity contribution in [2.45, 2.75) is 0 Å². The van der Waals surface area contributed by atoms with Crippen molar-refractivity contribution < 1.29 is 0 Å². The van der Waals surface area contributed by atoms with Crippen molar-refractivity contribution in [2.24, 2.45) is 0 Å². The molecular formula is C140H94N8. The van der Waals surface area contributed by atoms with Gasteiger partial charge < -0.3 is 23.5 Å². The average Bonchev–Trinajstić information content (AvgIpc) is 1.59. The minimum absolute atomic E-state index is 0.875. The first-order valence-corrected chi connectivity index (χ1v) is 50.5. The van der Waals surface area contributed by atoms with Crippen molar-refractivity contribution in [3.8, 4) is 123 Å². The molecule has 694 valence electrons. The number of hydrogen-bond donors (Lipinski definition) is 0. The minimum Gasteiger partial charge on any atom is -0.311 e.